The molecular formula is C16H28N4O. The molecule has 0 spiro atoms. The number of morpholine rings is 1. The molecule has 5 heteroatoms. The number of nitrogens with zero attached hydrogens (tertiary/aromatic N) is 3. The predicted octanol–water partition coefficient (Wildman–Crippen LogP) is 1.06. The van der Waals surface area contributed by atoms with Crippen LogP contribution in [0.15, 0.2) is 0 Å². The molecule has 0 saturated carbocycles. The van der Waals surface area contributed by atoms with Gasteiger partial charge in [-0.3, -0.25) is 4.90 Å². The highest BCUT2D eigenvalue weighted by molar-refractivity contribution is 5.20. The molecule has 0 atom stereocenters. The van der Waals surface area contributed by atoms with Gasteiger partial charge in [-0.2, -0.15) is 0 Å². The van der Waals surface area contributed by atoms with Crippen LogP contribution in [0.4, 0.5) is 0 Å². The van der Waals surface area contributed by atoms with Crippen molar-refractivity contribution in [2.24, 2.45) is 5.92 Å². The van der Waals surface area contributed by atoms with Crippen molar-refractivity contribution in [3.8, 4) is 0 Å². The first-order chi connectivity index (χ1) is 10.2. The Kier molecular flexibility index (Phi) is 4.93. The lowest BCUT2D eigenvalue weighted by molar-refractivity contribution is 0.0362. The summed E-state index contributed by atoms with van der Waals surface area (Å²) in [6, 6.07) is 0. The normalized spacial score (nSPS) is 20.0. The first-order valence-corrected chi connectivity index (χ1v) is 8.32. The Bertz CT molecular complexity index is 463. The minimum atomic E-state index is 0.656. The number of fused-ring (bicyclic) bond motifs is 1. The number of nitrogens with one attached hydrogen (secondary N) is 1. The highest BCUT2D eigenvalue weighted by atomic mass is 16.5. The zero-order valence-electron chi connectivity index (χ0n) is 13.4. The first kappa shape index (κ1) is 15.0. The molecule has 1 N–H and O–H groups in total. The van der Waals surface area contributed by atoms with Crippen LogP contribution in [0.1, 0.15) is 31.1 Å². The maximum Gasteiger partial charge on any atom is 0.109 e. The summed E-state index contributed by atoms with van der Waals surface area (Å²) in [4.78, 5) is 7.42. The number of imidazole rings is 1. The standard InChI is InChI=1S/C16H28N4O/c1-13(2)11-16-18-14-12-17-4-3-15(14)20(16)6-5-19-7-9-21-10-8-19/h13,17H,3-12H2,1-2H3. The molecule has 0 amide bonds. The van der Waals surface area contributed by atoms with Gasteiger partial charge in [0.1, 0.15) is 5.82 Å². The van der Waals surface area contributed by atoms with Crippen LogP contribution in [-0.4, -0.2) is 53.8 Å². The summed E-state index contributed by atoms with van der Waals surface area (Å²) in [7, 11) is 0. The topological polar surface area (TPSA) is 42.3 Å². The second kappa shape index (κ2) is 6.90. The molecule has 3 rings (SSSR count). The zero-order valence-corrected chi connectivity index (χ0v) is 13.4. The minimum absolute atomic E-state index is 0.656. The van der Waals surface area contributed by atoms with E-state index in [0.717, 1.165) is 65.3 Å². The van der Waals surface area contributed by atoms with E-state index in [1.165, 1.54) is 17.2 Å². The van der Waals surface area contributed by atoms with E-state index in [1.807, 2.05) is 0 Å². The third-order valence-corrected chi connectivity index (χ3v) is 4.40. The number of ether oxygens (including phenoxy) is 1. The molecule has 1 fully saturated rings. The summed E-state index contributed by atoms with van der Waals surface area (Å²) in [5, 5.41) is 3.44. The molecule has 0 aromatic carbocycles. The third-order valence-electron chi connectivity index (χ3n) is 4.40. The lowest BCUT2D eigenvalue weighted by atomic mass is 10.1. The molecule has 1 aromatic rings. The van der Waals surface area contributed by atoms with E-state index in [1.54, 1.807) is 0 Å². The van der Waals surface area contributed by atoms with Crippen molar-refractivity contribution < 1.29 is 4.74 Å². The average molecular weight is 292 g/mol. The van der Waals surface area contributed by atoms with E-state index in [4.69, 9.17) is 9.72 Å². The van der Waals surface area contributed by atoms with E-state index < -0.39 is 0 Å². The van der Waals surface area contributed by atoms with Gasteiger partial charge in [0.05, 0.1) is 18.9 Å². The van der Waals surface area contributed by atoms with Crippen LogP contribution < -0.4 is 5.32 Å². The molecule has 3 heterocycles. The van der Waals surface area contributed by atoms with E-state index in [9.17, 15) is 0 Å². The van der Waals surface area contributed by atoms with Gasteiger partial charge in [-0.1, -0.05) is 13.8 Å². The van der Waals surface area contributed by atoms with E-state index >= 15 is 0 Å². The Morgan fingerprint density at radius 1 is 1.24 bits per heavy atom. The Morgan fingerprint density at radius 3 is 2.81 bits per heavy atom. The van der Waals surface area contributed by atoms with Gasteiger partial charge in [0.2, 0.25) is 0 Å². The van der Waals surface area contributed by atoms with E-state index in [-0.39, 0.29) is 0 Å². The van der Waals surface area contributed by atoms with Crippen LogP contribution in [0.3, 0.4) is 0 Å². The summed E-state index contributed by atoms with van der Waals surface area (Å²) in [6.07, 6.45) is 2.19. The van der Waals surface area contributed by atoms with Crippen LogP contribution in [0, 0.1) is 5.92 Å². The second-order valence-electron chi connectivity index (χ2n) is 6.55. The van der Waals surface area contributed by atoms with Gasteiger partial charge in [-0.15, -0.1) is 0 Å². The van der Waals surface area contributed by atoms with Crippen molar-refractivity contribution >= 4 is 0 Å². The molecule has 2 aliphatic rings. The van der Waals surface area contributed by atoms with Crippen LogP contribution in [0.5, 0.6) is 0 Å². The quantitative estimate of drug-likeness (QED) is 0.881. The van der Waals surface area contributed by atoms with Crippen molar-refractivity contribution in [1.29, 1.82) is 0 Å². The summed E-state index contributed by atoms with van der Waals surface area (Å²) in [6.45, 7) is 12.7. The molecule has 0 aliphatic carbocycles. The Labute approximate surface area is 127 Å². The molecule has 118 valence electrons. The van der Waals surface area contributed by atoms with Gasteiger partial charge in [-0.05, 0) is 5.92 Å². The molecule has 1 aromatic heterocycles. The highest BCUT2D eigenvalue weighted by Gasteiger charge is 2.20. The molecule has 21 heavy (non-hydrogen) atoms. The summed E-state index contributed by atoms with van der Waals surface area (Å²) >= 11 is 0. The number of hydrogen-bond acceptors (Lipinski definition) is 4. The Morgan fingerprint density at radius 2 is 2.05 bits per heavy atom. The van der Waals surface area contributed by atoms with Crippen LogP contribution in [-0.2, 0) is 30.7 Å². The summed E-state index contributed by atoms with van der Waals surface area (Å²) < 4.78 is 7.94. The second-order valence-corrected chi connectivity index (χ2v) is 6.55. The van der Waals surface area contributed by atoms with Crippen molar-refractivity contribution in [3.63, 3.8) is 0 Å². The fraction of sp³-hybridized carbons (Fsp3) is 0.812. The first-order valence-electron chi connectivity index (χ1n) is 8.32. The fourth-order valence-electron chi connectivity index (χ4n) is 3.28. The van der Waals surface area contributed by atoms with Crippen molar-refractivity contribution in [2.75, 3.05) is 39.4 Å². The van der Waals surface area contributed by atoms with E-state index in [2.05, 4.69) is 28.6 Å². The summed E-state index contributed by atoms with van der Waals surface area (Å²) in [5.41, 5.74) is 2.75. The van der Waals surface area contributed by atoms with Crippen LogP contribution >= 0.6 is 0 Å². The third kappa shape index (κ3) is 3.65. The number of hydrogen-bond donors (Lipinski definition) is 1. The highest BCUT2D eigenvalue weighted by Crippen LogP contribution is 2.18. The van der Waals surface area contributed by atoms with Gasteiger partial charge in [0, 0.05) is 57.8 Å². The van der Waals surface area contributed by atoms with Gasteiger partial charge in [0.15, 0.2) is 0 Å². The predicted molar refractivity (Wildman–Crippen MR) is 83.4 cm³/mol. The number of aromatic nitrogens is 2. The largest absolute Gasteiger partial charge is 0.379 e. The van der Waals surface area contributed by atoms with E-state index in [0.29, 0.717) is 5.92 Å². The molecule has 5 nitrogen and oxygen atoms in total. The fourth-order valence-corrected chi connectivity index (χ4v) is 3.28. The zero-order chi connectivity index (χ0) is 14.7. The maximum absolute atomic E-state index is 5.43. The average Bonchev–Trinajstić information content (AvgIpc) is 2.82. The SMILES string of the molecule is CC(C)Cc1nc2c(n1CCN1CCOCC1)CCNC2. The lowest BCUT2D eigenvalue weighted by Gasteiger charge is -2.27. The van der Waals surface area contributed by atoms with Crippen LogP contribution in [0.2, 0.25) is 0 Å². The molecule has 2 aliphatic heterocycles. The Hall–Kier alpha value is -0.910. The minimum Gasteiger partial charge on any atom is -0.379 e. The summed E-state index contributed by atoms with van der Waals surface area (Å²) in [5.74, 6) is 1.94. The molecular weight excluding hydrogens is 264 g/mol. The molecule has 0 radical (unpaired) electrons. The van der Waals surface area contributed by atoms with Gasteiger partial charge >= 0.3 is 0 Å². The monoisotopic (exact) mass is 292 g/mol. The van der Waals surface area contributed by atoms with Crippen LogP contribution in [0.25, 0.3) is 0 Å². The van der Waals surface area contributed by atoms with Gasteiger partial charge in [0.25, 0.3) is 0 Å². The smallest absolute Gasteiger partial charge is 0.109 e. The molecule has 0 unspecified atom stereocenters. The van der Waals surface area contributed by atoms with Gasteiger partial charge < -0.3 is 14.6 Å². The van der Waals surface area contributed by atoms with Crippen molar-refractivity contribution in [3.05, 3.63) is 17.2 Å². The lowest BCUT2D eigenvalue weighted by Crippen LogP contribution is -2.38. The van der Waals surface area contributed by atoms with Crippen molar-refractivity contribution in [2.45, 2.75) is 39.8 Å². The van der Waals surface area contributed by atoms with Gasteiger partial charge in [-0.25, -0.2) is 4.98 Å². The Balaban J connectivity index is 1.72. The maximum atomic E-state index is 5.43. The molecule has 0 bridgehead atoms. The number of rotatable bonds is 5. The van der Waals surface area contributed by atoms with Crippen molar-refractivity contribution in [1.82, 2.24) is 19.8 Å². The molecule has 1 saturated heterocycles.